The SMILES string of the molecule is O=C(COC(=O)c1c2ccccc2cc2ccccc12)Nc1ncc([N+](=O)[O-])s1. The van der Waals surface area contributed by atoms with Crippen molar-refractivity contribution in [2.24, 2.45) is 0 Å². The molecule has 1 amide bonds. The van der Waals surface area contributed by atoms with Crippen LogP contribution in [0.3, 0.4) is 0 Å². The van der Waals surface area contributed by atoms with Crippen molar-refractivity contribution in [2.75, 3.05) is 11.9 Å². The van der Waals surface area contributed by atoms with Gasteiger partial charge in [-0.25, -0.2) is 9.78 Å². The predicted octanol–water partition coefficient (Wildman–Crippen LogP) is 4.15. The molecule has 0 atom stereocenters. The Hall–Kier alpha value is -3.85. The zero-order valence-electron chi connectivity index (χ0n) is 14.8. The van der Waals surface area contributed by atoms with Crippen molar-refractivity contribution >= 4 is 54.9 Å². The highest BCUT2D eigenvalue weighted by Crippen LogP contribution is 2.29. The number of aromatic nitrogens is 1. The van der Waals surface area contributed by atoms with Crippen LogP contribution in [0.25, 0.3) is 21.5 Å². The molecule has 1 heterocycles. The Kier molecular flexibility index (Phi) is 4.88. The number of hydrogen-bond donors (Lipinski definition) is 1. The van der Waals surface area contributed by atoms with Gasteiger partial charge in [-0.05, 0) is 38.9 Å². The number of nitrogens with zero attached hydrogens (tertiary/aromatic N) is 2. The number of anilines is 1. The van der Waals surface area contributed by atoms with Gasteiger partial charge in [-0.1, -0.05) is 48.5 Å². The van der Waals surface area contributed by atoms with Gasteiger partial charge >= 0.3 is 11.0 Å². The molecule has 0 radical (unpaired) electrons. The molecule has 8 nitrogen and oxygen atoms in total. The van der Waals surface area contributed by atoms with Crippen LogP contribution in [0.2, 0.25) is 0 Å². The van der Waals surface area contributed by atoms with Gasteiger partial charge in [0.1, 0.15) is 6.20 Å². The van der Waals surface area contributed by atoms with E-state index < -0.39 is 23.4 Å². The minimum Gasteiger partial charge on any atom is -0.452 e. The van der Waals surface area contributed by atoms with Crippen molar-refractivity contribution < 1.29 is 19.2 Å². The second-order valence-corrected chi connectivity index (χ2v) is 7.09. The van der Waals surface area contributed by atoms with Crippen LogP contribution in [0.1, 0.15) is 10.4 Å². The van der Waals surface area contributed by atoms with Crippen LogP contribution in [0.15, 0.2) is 60.8 Å². The first-order valence-corrected chi connectivity index (χ1v) is 9.32. The summed E-state index contributed by atoms with van der Waals surface area (Å²) in [4.78, 5) is 38.7. The number of benzene rings is 3. The van der Waals surface area contributed by atoms with E-state index in [2.05, 4.69) is 10.3 Å². The molecule has 4 rings (SSSR count). The molecular formula is C20H13N3O5S. The number of esters is 1. The summed E-state index contributed by atoms with van der Waals surface area (Å²) in [6.45, 7) is -0.538. The normalized spacial score (nSPS) is 10.8. The lowest BCUT2D eigenvalue weighted by molar-refractivity contribution is -0.380. The van der Waals surface area contributed by atoms with Gasteiger partial charge in [-0.3, -0.25) is 20.2 Å². The Morgan fingerprint density at radius 2 is 1.69 bits per heavy atom. The van der Waals surface area contributed by atoms with Crippen LogP contribution in [0.4, 0.5) is 10.1 Å². The smallest absolute Gasteiger partial charge is 0.345 e. The third-order valence-electron chi connectivity index (χ3n) is 4.23. The lowest BCUT2D eigenvalue weighted by Crippen LogP contribution is -2.21. The molecule has 0 aliphatic rings. The van der Waals surface area contributed by atoms with Crippen molar-refractivity contribution in [1.82, 2.24) is 4.98 Å². The van der Waals surface area contributed by atoms with Crippen molar-refractivity contribution in [1.29, 1.82) is 0 Å². The van der Waals surface area contributed by atoms with Gasteiger partial charge in [-0.2, -0.15) is 0 Å². The van der Waals surface area contributed by atoms with Gasteiger partial charge in [0, 0.05) is 0 Å². The summed E-state index contributed by atoms with van der Waals surface area (Å²) in [7, 11) is 0. The second kappa shape index (κ2) is 7.64. The van der Waals surface area contributed by atoms with Crippen LogP contribution in [-0.4, -0.2) is 28.4 Å². The zero-order chi connectivity index (χ0) is 20.4. The highest BCUT2D eigenvalue weighted by Gasteiger charge is 2.18. The van der Waals surface area contributed by atoms with E-state index in [-0.39, 0.29) is 10.1 Å². The fourth-order valence-electron chi connectivity index (χ4n) is 3.00. The maximum Gasteiger partial charge on any atom is 0.345 e. The summed E-state index contributed by atoms with van der Waals surface area (Å²) in [6.07, 6.45) is 1.05. The molecule has 1 aromatic heterocycles. The molecule has 0 saturated carbocycles. The van der Waals surface area contributed by atoms with Crippen molar-refractivity contribution in [3.05, 3.63) is 76.5 Å². The molecule has 9 heteroatoms. The number of rotatable bonds is 5. The van der Waals surface area contributed by atoms with Gasteiger partial charge in [0.05, 0.1) is 10.5 Å². The van der Waals surface area contributed by atoms with E-state index in [1.807, 2.05) is 54.6 Å². The second-order valence-electron chi connectivity index (χ2n) is 6.08. The Balaban J connectivity index is 1.55. The summed E-state index contributed by atoms with van der Waals surface area (Å²) in [6, 6.07) is 16.9. The molecule has 3 aromatic carbocycles. The fourth-order valence-corrected chi connectivity index (χ4v) is 3.65. The number of hydrogen-bond acceptors (Lipinski definition) is 7. The molecule has 0 aliphatic carbocycles. The first-order chi connectivity index (χ1) is 14.0. The van der Waals surface area contributed by atoms with Crippen LogP contribution < -0.4 is 5.32 Å². The lowest BCUT2D eigenvalue weighted by Gasteiger charge is -2.11. The molecule has 29 heavy (non-hydrogen) atoms. The minimum absolute atomic E-state index is 0.0633. The van der Waals surface area contributed by atoms with E-state index in [0.29, 0.717) is 5.56 Å². The van der Waals surface area contributed by atoms with Gasteiger partial charge in [-0.15, -0.1) is 0 Å². The third kappa shape index (κ3) is 3.76. The summed E-state index contributed by atoms with van der Waals surface area (Å²) < 4.78 is 5.22. The third-order valence-corrected chi connectivity index (χ3v) is 5.09. The topological polar surface area (TPSA) is 111 Å². The van der Waals surface area contributed by atoms with E-state index in [0.717, 1.165) is 39.1 Å². The first-order valence-electron chi connectivity index (χ1n) is 8.50. The van der Waals surface area contributed by atoms with Crippen molar-refractivity contribution in [3.63, 3.8) is 0 Å². The Morgan fingerprint density at radius 3 is 2.28 bits per heavy atom. The van der Waals surface area contributed by atoms with Gasteiger partial charge in [0.2, 0.25) is 0 Å². The van der Waals surface area contributed by atoms with E-state index in [4.69, 9.17) is 4.74 Å². The number of thiazole rings is 1. The molecule has 144 valence electrons. The Labute approximate surface area is 167 Å². The van der Waals surface area contributed by atoms with Gasteiger partial charge in [0.15, 0.2) is 11.7 Å². The number of nitrogens with one attached hydrogen (secondary N) is 1. The number of carbonyl (C=O) groups excluding carboxylic acids is 2. The Morgan fingerprint density at radius 1 is 1.07 bits per heavy atom. The number of ether oxygens (including phenoxy) is 1. The molecule has 0 fully saturated rings. The average molecular weight is 407 g/mol. The molecule has 0 aliphatic heterocycles. The maximum absolute atomic E-state index is 12.8. The average Bonchev–Trinajstić information content (AvgIpc) is 3.19. The standard InChI is InChI=1S/C20H13N3O5S/c24-16(22-20-21-10-17(29-20)23(26)27)11-28-19(25)18-14-7-3-1-5-12(14)9-13-6-2-4-8-15(13)18/h1-10H,11H2,(H,21,22,24). The zero-order valence-corrected chi connectivity index (χ0v) is 15.6. The predicted molar refractivity (Wildman–Crippen MR) is 109 cm³/mol. The number of carbonyl (C=O) groups is 2. The molecule has 4 aromatic rings. The number of fused-ring (bicyclic) bond motifs is 2. The summed E-state index contributed by atoms with van der Waals surface area (Å²) in [5, 5.41) is 16.2. The van der Waals surface area contributed by atoms with E-state index in [1.54, 1.807) is 0 Å². The van der Waals surface area contributed by atoms with E-state index in [1.165, 1.54) is 0 Å². The largest absolute Gasteiger partial charge is 0.452 e. The molecule has 0 unspecified atom stereocenters. The first kappa shape index (κ1) is 18.5. The molecule has 0 saturated heterocycles. The summed E-state index contributed by atoms with van der Waals surface area (Å²) in [5.74, 6) is -1.26. The van der Waals surface area contributed by atoms with Gasteiger partial charge < -0.3 is 4.74 Å². The van der Waals surface area contributed by atoms with Crippen molar-refractivity contribution in [2.45, 2.75) is 0 Å². The van der Waals surface area contributed by atoms with Crippen LogP contribution in [-0.2, 0) is 9.53 Å². The summed E-state index contributed by atoms with van der Waals surface area (Å²) in [5.41, 5.74) is 0.386. The fraction of sp³-hybridized carbons (Fsp3) is 0.0500. The van der Waals surface area contributed by atoms with E-state index in [9.17, 15) is 19.7 Å². The Bertz CT molecular complexity index is 1210. The maximum atomic E-state index is 12.8. The monoisotopic (exact) mass is 407 g/mol. The minimum atomic E-state index is -0.632. The number of nitro groups is 1. The quantitative estimate of drug-likeness (QED) is 0.230. The van der Waals surface area contributed by atoms with Gasteiger partial charge in [0.25, 0.3) is 5.91 Å². The van der Waals surface area contributed by atoms with E-state index >= 15 is 0 Å². The van der Waals surface area contributed by atoms with Crippen molar-refractivity contribution in [3.8, 4) is 0 Å². The number of amides is 1. The molecule has 1 N–H and O–H groups in total. The van der Waals surface area contributed by atoms with Crippen LogP contribution >= 0.6 is 11.3 Å². The highest BCUT2D eigenvalue weighted by atomic mass is 32.1. The molecule has 0 spiro atoms. The summed E-state index contributed by atoms with van der Waals surface area (Å²) >= 11 is 0.721. The highest BCUT2D eigenvalue weighted by molar-refractivity contribution is 7.18. The van der Waals surface area contributed by atoms with Crippen LogP contribution in [0.5, 0.6) is 0 Å². The molecule has 0 bridgehead atoms. The lowest BCUT2D eigenvalue weighted by atomic mass is 9.97. The molecular weight excluding hydrogens is 394 g/mol. The van der Waals surface area contributed by atoms with Crippen LogP contribution in [0, 0.1) is 10.1 Å².